The van der Waals surface area contributed by atoms with Crippen molar-refractivity contribution in [3.8, 4) is 12.3 Å². The fourth-order valence-electron chi connectivity index (χ4n) is 8.91. The molecule has 0 amide bonds. The van der Waals surface area contributed by atoms with E-state index in [1.54, 1.807) is 0 Å². The van der Waals surface area contributed by atoms with Crippen LogP contribution in [0.15, 0.2) is 10.5 Å². The maximum atomic E-state index is 12.6. The molecule has 0 bridgehead atoms. The first-order chi connectivity index (χ1) is 15.7. The van der Waals surface area contributed by atoms with Gasteiger partial charge in [0.25, 0.3) is 0 Å². The molecule has 0 N–H and O–H groups in total. The van der Waals surface area contributed by atoms with Crippen LogP contribution in [-0.4, -0.2) is 17.4 Å². The standard InChI is InChI=1S/C29H36O4/c1-5-29(33-17(2)30)13-11-23-21-9-8-20-15-24-19(14-25(32-24)26(31)18-6-7-18)16-27(20,3)22(21)10-12-28(23,29)4/h1,14,18,20-23H,6-13,15-16H2,2-4H3/t20-,21+,22-,23-,27-,28-,29-/m0/s1. The molecule has 0 radical (unpaired) electrons. The Morgan fingerprint density at radius 1 is 1.09 bits per heavy atom. The van der Waals surface area contributed by atoms with Crippen LogP contribution in [0.4, 0.5) is 0 Å². The second-order valence-corrected chi connectivity index (χ2v) is 12.3. The van der Waals surface area contributed by atoms with Crippen LogP contribution >= 0.6 is 0 Å². The number of hydrogen-bond acceptors (Lipinski definition) is 4. The van der Waals surface area contributed by atoms with Crippen molar-refractivity contribution >= 4 is 11.8 Å². The monoisotopic (exact) mass is 448 g/mol. The van der Waals surface area contributed by atoms with Crippen molar-refractivity contribution < 1.29 is 18.7 Å². The van der Waals surface area contributed by atoms with Gasteiger partial charge in [0.2, 0.25) is 5.78 Å². The number of carbonyl (C=O) groups excluding carboxylic acids is 2. The number of fused-ring (bicyclic) bond motifs is 6. The Labute approximate surface area is 197 Å². The van der Waals surface area contributed by atoms with Gasteiger partial charge in [0, 0.05) is 24.7 Å². The Kier molecular flexibility index (Phi) is 4.56. The Morgan fingerprint density at radius 3 is 2.55 bits per heavy atom. The van der Waals surface area contributed by atoms with E-state index in [1.165, 1.54) is 25.3 Å². The van der Waals surface area contributed by atoms with Gasteiger partial charge in [-0.3, -0.25) is 9.59 Å². The second kappa shape index (κ2) is 7.00. The normalized spacial score (nSPS) is 43.5. The van der Waals surface area contributed by atoms with Gasteiger partial charge in [-0.25, -0.2) is 0 Å². The minimum atomic E-state index is -0.755. The van der Waals surface area contributed by atoms with Gasteiger partial charge >= 0.3 is 5.97 Å². The lowest BCUT2D eigenvalue weighted by Gasteiger charge is -2.60. The molecule has 4 fully saturated rings. The van der Waals surface area contributed by atoms with E-state index in [0.717, 1.165) is 57.1 Å². The van der Waals surface area contributed by atoms with Crippen LogP contribution in [0.5, 0.6) is 0 Å². The number of furan rings is 1. The van der Waals surface area contributed by atoms with Crippen molar-refractivity contribution in [3.63, 3.8) is 0 Å². The fourth-order valence-corrected chi connectivity index (χ4v) is 8.91. The smallest absolute Gasteiger partial charge is 0.304 e. The summed E-state index contributed by atoms with van der Waals surface area (Å²) in [4.78, 5) is 24.6. The van der Waals surface area contributed by atoms with Crippen molar-refractivity contribution in [2.24, 2.45) is 40.4 Å². The summed E-state index contributed by atoms with van der Waals surface area (Å²) in [5, 5.41) is 0. The summed E-state index contributed by atoms with van der Waals surface area (Å²) in [5.41, 5.74) is 0.603. The van der Waals surface area contributed by atoms with E-state index in [-0.39, 0.29) is 28.5 Å². The highest BCUT2D eigenvalue weighted by atomic mass is 16.6. The van der Waals surface area contributed by atoms with Crippen LogP contribution in [0.3, 0.4) is 0 Å². The Bertz CT molecular complexity index is 1060. The molecular formula is C29H36O4. The van der Waals surface area contributed by atoms with Crippen LogP contribution in [0.2, 0.25) is 0 Å². The maximum absolute atomic E-state index is 12.6. The summed E-state index contributed by atoms with van der Waals surface area (Å²) in [6.45, 7) is 6.29. The van der Waals surface area contributed by atoms with Gasteiger partial charge in [-0.2, -0.15) is 0 Å². The molecule has 4 nitrogen and oxygen atoms in total. The van der Waals surface area contributed by atoms with Crippen LogP contribution < -0.4 is 0 Å². The molecule has 0 aromatic carbocycles. The number of ketones is 1. The third-order valence-electron chi connectivity index (χ3n) is 10.8. The molecule has 1 aromatic heterocycles. The van der Waals surface area contributed by atoms with Crippen molar-refractivity contribution in [3.05, 3.63) is 23.2 Å². The molecule has 0 unspecified atom stereocenters. The van der Waals surface area contributed by atoms with Crippen LogP contribution in [0.25, 0.3) is 0 Å². The third kappa shape index (κ3) is 2.90. The summed E-state index contributed by atoms with van der Waals surface area (Å²) in [6, 6.07) is 2.08. The molecule has 176 valence electrons. The Morgan fingerprint density at radius 2 is 1.85 bits per heavy atom. The predicted octanol–water partition coefficient (Wildman–Crippen LogP) is 5.76. The van der Waals surface area contributed by atoms with E-state index in [2.05, 4.69) is 25.8 Å². The predicted molar refractivity (Wildman–Crippen MR) is 124 cm³/mol. The molecule has 0 spiro atoms. The molecule has 1 heterocycles. The van der Waals surface area contributed by atoms with Crippen LogP contribution in [0.1, 0.15) is 94.0 Å². The van der Waals surface area contributed by atoms with Crippen LogP contribution in [-0.2, 0) is 22.4 Å². The summed E-state index contributed by atoms with van der Waals surface area (Å²) in [5.74, 6) is 7.17. The molecule has 5 aliphatic carbocycles. The van der Waals surface area contributed by atoms with E-state index in [1.807, 2.05) is 0 Å². The molecule has 33 heavy (non-hydrogen) atoms. The van der Waals surface area contributed by atoms with Gasteiger partial charge < -0.3 is 9.15 Å². The van der Waals surface area contributed by atoms with Crippen molar-refractivity contribution in [1.29, 1.82) is 0 Å². The van der Waals surface area contributed by atoms with Gasteiger partial charge in [0.1, 0.15) is 5.76 Å². The molecule has 4 heteroatoms. The van der Waals surface area contributed by atoms with Crippen LogP contribution in [0, 0.1) is 52.8 Å². The number of rotatable bonds is 3. The number of ether oxygens (including phenoxy) is 1. The van der Waals surface area contributed by atoms with Crippen molar-refractivity contribution in [1.82, 2.24) is 0 Å². The zero-order chi connectivity index (χ0) is 23.2. The average molecular weight is 449 g/mol. The highest BCUT2D eigenvalue weighted by Gasteiger charge is 2.66. The van der Waals surface area contributed by atoms with Gasteiger partial charge in [-0.15, -0.1) is 6.42 Å². The van der Waals surface area contributed by atoms with E-state index in [0.29, 0.717) is 29.4 Å². The first-order valence-electron chi connectivity index (χ1n) is 13.0. The number of terminal acetylenes is 1. The fraction of sp³-hybridized carbons (Fsp3) is 0.724. The number of Topliss-reactive ketones (excluding diaryl/α,β-unsaturated/α-hetero) is 1. The van der Waals surface area contributed by atoms with Gasteiger partial charge in [-0.05, 0) is 98.5 Å². The Hall–Kier alpha value is -2.02. The first kappa shape index (κ1) is 21.5. The average Bonchev–Trinajstić information content (AvgIpc) is 3.48. The molecular weight excluding hydrogens is 412 g/mol. The summed E-state index contributed by atoms with van der Waals surface area (Å²) in [6.07, 6.45) is 16.5. The zero-order valence-corrected chi connectivity index (χ0v) is 20.2. The SMILES string of the molecule is C#C[C@]1(OC(C)=O)CC[C@H]2[C@@H]3CC[C@H]4Cc5oc(C(=O)C6CC6)cc5C[C@]4(C)[C@H]3CC[C@@]21C. The van der Waals surface area contributed by atoms with E-state index >= 15 is 0 Å². The molecule has 0 saturated heterocycles. The van der Waals surface area contributed by atoms with Gasteiger partial charge in [0.05, 0.1) is 0 Å². The van der Waals surface area contributed by atoms with E-state index < -0.39 is 5.60 Å². The highest BCUT2D eigenvalue weighted by Crippen LogP contribution is 2.68. The molecule has 4 saturated carbocycles. The lowest BCUT2D eigenvalue weighted by Crippen LogP contribution is -2.57. The summed E-state index contributed by atoms with van der Waals surface area (Å²) < 4.78 is 12.1. The molecule has 1 aromatic rings. The van der Waals surface area contributed by atoms with Crippen molar-refractivity contribution in [2.45, 2.75) is 90.6 Å². The third-order valence-corrected chi connectivity index (χ3v) is 10.8. The lowest BCUT2D eigenvalue weighted by molar-refractivity contribution is -0.172. The number of carbonyl (C=O) groups is 2. The maximum Gasteiger partial charge on any atom is 0.304 e. The minimum Gasteiger partial charge on any atom is -0.458 e. The number of esters is 1. The van der Waals surface area contributed by atoms with Crippen molar-refractivity contribution in [2.75, 3.05) is 0 Å². The van der Waals surface area contributed by atoms with E-state index in [9.17, 15) is 9.59 Å². The largest absolute Gasteiger partial charge is 0.458 e. The van der Waals surface area contributed by atoms with Gasteiger partial charge in [0.15, 0.2) is 11.4 Å². The quantitative estimate of drug-likeness (QED) is 0.335. The zero-order valence-electron chi connectivity index (χ0n) is 20.2. The van der Waals surface area contributed by atoms with Gasteiger partial charge in [-0.1, -0.05) is 19.8 Å². The topological polar surface area (TPSA) is 56.5 Å². The molecule has 5 aliphatic rings. The first-order valence-corrected chi connectivity index (χ1v) is 13.0. The minimum absolute atomic E-state index is 0.142. The lowest BCUT2D eigenvalue weighted by atomic mass is 9.44. The van der Waals surface area contributed by atoms with E-state index in [4.69, 9.17) is 15.6 Å². The highest BCUT2D eigenvalue weighted by molar-refractivity contribution is 5.97. The summed E-state index contributed by atoms with van der Waals surface area (Å²) >= 11 is 0. The second-order valence-electron chi connectivity index (χ2n) is 12.3. The Balaban J connectivity index is 1.29. The molecule has 0 aliphatic heterocycles. The summed E-state index contributed by atoms with van der Waals surface area (Å²) in [7, 11) is 0. The molecule has 6 rings (SSSR count). The number of hydrogen-bond donors (Lipinski definition) is 0. The molecule has 7 atom stereocenters.